The lowest BCUT2D eigenvalue weighted by molar-refractivity contribution is -0.138. The molecule has 0 aliphatic carbocycles. The number of amides is 1. The van der Waals surface area contributed by atoms with Gasteiger partial charge in [-0.15, -0.1) is 0 Å². The molecule has 4 nitrogen and oxygen atoms in total. The highest BCUT2D eigenvalue weighted by Crippen LogP contribution is 2.36. The minimum Gasteiger partial charge on any atom is -0.481 e. The van der Waals surface area contributed by atoms with Crippen LogP contribution in [-0.4, -0.2) is 17.0 Å². The number of hydrogen-bond acceptors (Lipinski definition) is 2. The highest BCUT2D eigenvalue weighted by Gasteiger charge is 2.32. The molecule has 1 aliphatic rings. The van der Waals surface area contributed by atoms with Crippen LogP contribution in [0, 0.1) is 0 Å². The number of hydrogen-bond donors (Lipinski definition) is 2. The molecule has 0 fully saturated rings. The first-order valence-electron chi connectivity index (χ1n) is 4.40. The highest BCUT2D eigenvalue weighted by molar-refractivity contribution is 9.10. The monoisotopic (exact) mass is 269 g/mol. The van der Waals surface area contributed by atoms with Crippen molar-refractivity contribution in [3.05, 3.63) is 28.2 Å². The molecule has 5 heteroatoms. The molecule has 0 unspecified atom stereocenters. The summed E-state index contributed by atoms with van der Waals surface area (Å²) in [6.45, 7) is 0. The van der Waals surface area contributed by atoms with Gasteiger partial charge in [-0.05, 0) is 23.8 Å². The van der Waals surface area contributed by atoms with E-state index < -0.39 is 11.9 Å². The topological polar surface area (TPSA) is 66.4 Å². The summed E-state index contributed by atoms with van der Waals surface area (Å²) >= 11 is 3.29. The molecule has 1 aliphatic heterocycles. The standard InChI is InChI=1S/C10H8BrNO3/c11-5-1-2-8-6(3-5)7(4-9(13)14)10(15)12-8/h1-3,7H,4H2,(H,12,15)(H,13,14)/t7-/m1/s1. The van der Waals surface area contributed by atoms with E-state index in [1.54, 1.807) is 12.1 Å². The van der Waals surface area contributed by atoms with E-state index in [0.29, 0.717) is 5.69 Å². The zero-order valence-electron chi connectivity index (χ0n) is 7.66. The third kappa shape index (κ3) is 1.87. The molecular weight excluding hydrogens is 262 g/mol. The predicted molar refractivity (Wildman–Crippen MR) is 57.8 cm³/mol. The number of carbonyl (C=O) groups is 2. The lowest BCUT2D eigenvalue weighted by Gasteiger charge is -2.04. The smallest absolute Gasteiger partial charge is 0.304 e. The number of carboxylic acid groups (broad SMARTS) is 1. The minimum absolute atomic E-state index is 0.171. The van der Waals surface area contributed by atoms with Crippen LogP contribution in [0.15, 0.2) is 22.7 Å². The fraction of sp³-hybridized carbons (Fsp3) is 0.200. The maximum absolute atomic E-state index is 11.5. The normalized spacial score (nSPS) is 18.5. The number of aliphatic carboxylic acids is 1. The molecule has 78 valence electrons. The van der Waals surface area contributed by atoms with E-state index in [9.17, 15) is 9.59 Å². The van der Waals surface area contributed by atoms with Crippen LogP contribution in [0.25, 0.3) is 0 Å². The number of rotatable bonds is 2. The van der Waals surface area contributed by atoms with Crippen LogP contribution in [0.4, 0.5) is 5.69 Å². The van der Waals surface area contributed by atoms with Gasteiger partial charge in [0.15, 0.2) is 0 Å². The van der Waals surface area contributed by atoms with Crippen LogP contribution in [0.5, 0.6) is 0 Å². The average Bonchev–Trinajstić information content (AvgIpc) is 2.43. The Kier molecular flexibility index (Phi) is 2.48. The molecule has 1 aromatic carbocycles. The van der Waals surface area contributed by atoms with Gasteiger partial charge in [0.05, 0.1) is 12.3 Å². The van der Waals surface area contributed by atoms with E-state index >= 15 is 0 Å². The number of anilines is 1. The third-order valence-electron chi connectivity index (χ3n) is 2.34. The number of carbonyl (C=O) groups excluding carboxylic acids is 1. The van der Waals surface area contributed by atoms with E-state index in [-0.39, 0.29) is 12.3 Å². The van der Waals surface area contributed by atoms with Crippen molar-refractivity contribution in [2.75, 3.05) is 5.32 Å². The van der Waals surface area contributed by atoms with Gasteiger partial charge in [-0.1, -0.05) is 15.9 Å². The maximum atomic E-state index is 11.5. The molecule has 2 N–H and O–H groups in total. The Hall–Kier alpha value is -1.36. The van der Waals surface area contributed by atoms with Gasteiger partial charge in [-0.25, -0.2) is 0 Å². The van der Waals surface area contributed by atoms with Gasteiger partial charge in [0.25, 0.3) is 0 Å². The molecule has 1 atom stereocenters. The molecule has 1 amide bonds. The van der Waals surface area contributed by atoms with E-state index in [2.05, 4.69) is 21.2 Å². The van der Waals surface area contributed by atoms with Crippen molar-refractivity contribution < 1.29 is 14.7 Å². The Bertz CT molecular complexity index is 444. The summed E-state index contributed by atoms with van der Waals surface area (Å²) < 4.78 is 0.841. The van der Waals surface area contributed by atoms with Crippen LogP contribution in [0.2, 0.25) is 0 Å². The van der Waals surface area contributed by atoms with Crippen LogP contribution in [0.3, 0.4) is 0 Å². The number of fused-ring (bicyclic) bond motifs is 1. The Morgan fingerprint density at radius 1 is 1.53 bits per heavy atom. The first kappa shape index (κ1) is 10.2. The Balaban J connectivity index is 2.39. The van der Waals surface area contributed by atoms with Crippen molar-refractivity contribution in [2.24, 2.45) is 0 Å². The van der Waals surface area contributed by atoms with E-state index in [1.165, 1.54) is 0 Å². The Morgan fingerprint density at radius 3 is 2.93 bits per heavy atom. The third-order valence-corrected chi connectivity index (χ3v) is 2.84. The number of carboxylic acids is 1. The van der Waals surface area contributed by atoms with Crippen molar-refractivity contribution in [2.45, 2.75) is 12.3 Å². The first-order chi connectivity index (χ1) is 7.08. The molecular formula is C10H8BrNO3. The number of halogens is 1. The van der Waals surface area contributed by atoms with Gasteiger partial charge in [0.1, 0.15) is 0 Å². The molecule has 0 bridgehead atoms. The van der Waals surface area contributed by atoms with Gasteiger partial charge in [-0.3, -0.25) is 9.59 Å². The summed E-state index contributed by atoms with van der Waals surface area (Å²) in [6, 6.07) is 5.35. The van der Waals surface area contributed by atoms with Crippen molar-refractivity contribution in [3.8, 4) is 0 Å². The van der Waals surface area contributed by atoms with E-state index in [1.807, 2.05) is 6.07 Å². The summed E-state index contributed by atoms with van der Waals surface area (Å²) in [5.74, 6) is -1.79. The minimum atomic E-state index is -0.969. The van der Waals surface area contributed by atoms with Gasteiger partial charge in [-0.2, -0.15) is 0 Å². The quantitative estimate of drug-likeness (QED) is 0.863. The fourth-order valence-electron chi connectivity index (χ4n) is 1.67. The van der Waals surface area contributed by atoms with Crippen LogP contribution in [0.1, 0.15) is 17.9 Å². The van der Waals surface area contributed by atoms with E-state index in [0.717, 1.165) is 10.0 Å². The largest absolute Gasteiger partial charge is 0.481 e. The van der Waals surface area contributed by atoms with Crippen molar-refractivity contribution >= 4 is 33.5 Å². The molecule has 1 heterocycles. The van der Waals surface area contributed by atoms with Crippen molar-refractivity contribution in [1.82, 2.24) is 0 Å². The molecule has 2 rings (SSSR count). The Labute approximate surface area is 94.4 Å². The molecule has 1 aromatic rings. The summed E-state index contributed by atoms with van der Waals surface area (Å²) in [7, 11) is 0. The molecule has 0 spiro atoms. The molecule has 0 radical (unpaired) electrons. The zero-order chi connectivity index (χ0) is 11.0. The van der Waals surface area contributed by atoms with Gasteiger partial charge >= 0.3 is 5.97 Å². The van der Waals surface area contributed by atoms with Gasteiger partial charge < -0.3 is 10.4 Å². The second-order valence-electron chi connectivity index (χ2n) is 3.37. The Morgan fingerprint density at radius 2 is 2.27 bits per heavy atom. The molecule has 0 aromatic heterocycles. The van der Waals surface area contributed by atoms with Crippen molar-refractivity contribution in [1.29, 1.82) is 0 Å². The molecule has 15 heavy (non-hydrogen) atoms. The van der Waals surface area contributed by atoms with Gasteiger partial charge in [0, 0.05) is 10.2 Å². The van der Waals surface area contributed by atoms with Gasteiger partial charge in [0.2, 0.25) is 5.91 Å². The van der Waals surface area contributed by atoms with Crippen LogP contribution < -0.4 is 5.32 Å². The lowest BCUT2D eigenvalue weighted by Crippen LogP contribution is -2.15. The summed E-state index contributed by atoms with van der Waals surface area (Å²) in [6.07, 6.45) is -0.171. The summed E-state index contributed by atoms with van der Waals surface area (Å²) in [4.78, 5) is 22.1. The second kappa shape index (κ2) is 3.66. The lowest BCUT2D eigenvalue weighted by atomic mass is 9.97. The second-order valence-corrected chi connectivity index (χ2v) is 4.29. The summed E-state index contributed by atoms with van der Waals surface area (Å²) in [5.41, 5.74) is 1.45. The highest BCUT2D eigenvalue weighted by atomic mass is 79.9. The maximum Gasteiger partial charge on any atom is 0.304 e. The SMILES string of the molecule is O=C(O)C[C@H]1C(=O)Nc2ccc(Br)cc21. The molecule has 0 saturated heterocycles. The summed E-state index contributed by atoms with van der Waals surface area (Å²) in [5, 5.41) is 11.4. The zero-order valence-corrected chi connectivity index (χ0v) is 9.24. The van der Waals surface area contributed by atoms with Crippen LogP contribution in [-0.2, 0) is 9.59 Å². The number of nitrogens with one attached hydrogen (secondary N) is 1. The first-order valence-corrected chi connectivity index (χ1v) is 5.19. The van der Waals surface area contributed by atoms with Crippen LogP contribution >= 0.6 is 15.9 Å². The van der Waals surface area contributed by atoms with Crippen molar-refractivity contribution in [3.63, 3.8) is 0 Å². The fourth-order valence-corrected chi connectivity index (χ4v) is 2.05. The molecule has 0 saturated carbocycles. The van der Waals surface area contributed by atoms with E-state index in [4.69, 9.17) is 5.11 Å². The average molecular weight is 270 g/mol. The predicted octanol–water partition coefficient (Wildman–Crippen LogP) is 1.96. The number of benzene rings is 1.